The van der Waals surface area contributed by atoms with E-state index in [1.807, 2.05) is 0 Å². The zero-order valence-corrected chi connectivity index (χ0v) is 17.9. The number of nitrogens with zero attached hydrogens (tertiary/aromatic N) is 3. The van der Waals surface area contributed by atoms with Gasteiger partial charge in [0.2, 0.25) is 5.91 Å². The molecule has 0 unspecified atom stereocenters. The predicted molar refractivity (Wildman–Crippen MR) is 118 cm³/mol. The number of carbonyl (C=O) groups is 1. The van der Waals surface area contributed by atoms with E-state index < -0.39 is 6.10 Å². The molecule has 0 saturated carbocycles. The topological polar surface area (TPSA) is 68.3 Å². The molecule has 0 aromatic heterocycles. The monoisotopic (exact) mass is 416 g/mol. The summed E-state index contributed by atoms with van der Waals surface area (Å²) in [4.78, 5) is 19.9. The number of β-amino-alcohol motifs (C(OH)–C–C–N with tert-alkyl or cyclic N) is 1. The third kappa shape index (κ3) is 5.52. The van der Waals surface area contributed by atoms with Crippen LogP contribution in [0.4, 0.5) is 5.69 Å². The Balaban J connectivity index is 1.15. The summed E-state index contributed by atoms with van der Waals surface area (Å²) in [7, 11) is 0. The molecule has 3 aliphatic rings. The SMILES string of the molecule is O=C(NCCCN1CCN(c2ccccc2)CC1)[C@@H]1C[C@@H](O)CN1C1CCOCC1. The van der Waals surface area contributed by atoms with Gasteiger partial charge in [-0.25, -0.2) is 0 Å². The van der Waals surface area contributed by atoms with Crippen molar-refractivity contribution in [2.45, 2.75) is 43.9 Å². The number of ether oxygens (including phenoxy) is 1. The highest BCUT2D eigenvalue weighted by Gasteiger charge is 2.39. The second kappa shape index (κ2) is 10.6. The Morgan fingerprint density at radius 3 is 2.57 bits per heavy atom. The van der Waals surface area contributed by atoms with Crippen molar-refractivity contribution in [1.29, 1.82) is 0 Å². The largest absolute Gasteiger partial charge is 0.392 e. The van der Waals surface area contributed by atoms with E-state index in [4.69, 9.17) is 4.74 Å². The van der Waals surface area contributed by atoms with Crippen molar-refractivity contribution in [3.63, 3.8) is 0 Å². The van der Waals surface area contributed by atoms with Crippen molar-refractivity contribution >= 4 is 11.6 Å². The van der Waals surface area contributed by atoms with Crippen LogP contribution < -0.4 is 10.2 Å². The van der Waals surface area contributed by atoms with E-state index in [2.05, 4.69) is 50.3 Å². The molecule has 166 valence electrons. The lowest BCUT2D eigenvalue weighted by Crippen LogP contribution is -2.50. The number of amides is 1. The van der Waals surface area contributed by atoms with E-state index in [0.717, 1.165) is 65.2 Å². The minimum Gasteiger partial charge on any atom is -0.392 e. The first-order valence-corrected chi connectivity index (χ1v) is 11.5. The summed E-state index contributed by atoms with van der Waals surface area (Å²) in [6.45, 7) is 8.06. The third-order valence-corrected chi connectivity index (χ3v) is 6.72. The number of para-hydroxylation sites is 1. The molecule has 0 bridgehead atoms. The number of anilines is 1. The number of hydrogen-bond acceptors (Lipinski definition) is 6. The van der Waals surface area contributed by atoms with Crippen molar-refractivity contribution < 1.29 is 14.6 Å². The lowest BCUT2D eigenvalue weighted by atomic mass is 10.1. The summed E-state index contributed by atoms with van der Waals surface area (Å²) in [5.74, 6) is 0.0759. The van der Waals surface area contributed by atoms with Crippen LogP contribution in [-0.4, -0.2) is 98.0 Å². The number of likely N-dealkylation sites (tertiary alicyclic amines) is 1. The second-order valence-electron chi connectivity index (χ2n) is 8.75. The van der Waals surface area contributed by atoms with Crippen molar-refractivity contribution in [1.82, 2.24) is 15.1 Å². The summed E-state index contributed by atoms with van der Waals surface area (Å²) in [5, 5.41) is 13.3. The van der Waals surface area contributed by atoms with Crippen LogP contribution in [0.5, 0.6) is 0 Å². The van der Waals surface area contributed by atoms with Crippen molar-refractivity contribution in [2.24, 2.45) is 0 Å². The summed E-state index contributed by atoms with van der Waals surface area (Å²) in [6.07, 6.45) is 3.01. The molecular formula is C23H36N4O3. The number of nitrogens with one attached hydrogen (secondary N) is 1. The van der Waals surface area contributed by atoms with E-state index in [0.29, 0.717) is 25.6 Å². The molecule has 0 spiro atoms. The number of piperazine rings is 1. The number of aliphatic hydroxyl groups excluding tert-OH is 1. The van der Waals surface area contributed by atoms with Gasteiger partial charge in [0.1, 0.15) is 0 Å². The summed E-state index contributed by atoms with van der Waals surface area (Å²) in [5.41, 5.74) is 1.30. The number of carbonyl (C=O) groups excluding carboxylic acids is 1. The van der Waals surface area contributed by atoms with Crippen molar-refractivity contribution in [2.75, 3.05) is 63.9 Å². The fraction of sp³-hybridized carbons (Fsp3) is 0.696. The van der Waals surface area contributed by atoms with Crippen LogP contribution in [0.2, 0.25) is 0 Å². The number of hydrogen-bond donors (Lipinski definition) is 2. The van der Waals surface area contributed by atoms with Crippen LogP contribution in [0.3, 0.4) is 0 Å². The Bertz CT molecular complexity index is 660. The third-order valence-electron chi connectivity index (χ3n) is 6.72. The first-order valence-electron chi connectivity index (χ1n) is 11.5. The van der Waals surface area contributed by atoms with Crippen molar-refractivity contribution in [3.8, 4) is 0 Å². The van der Waals surface area contributed by atoms with Gasteiger partial charge >= 0.3 is 0 Å². The van der Waals surface area contributed by atoms with E-state index >= 15 is 0 Å². The van der Waals surface area contributed by atoms with Gasteiger partial charge in [0.25, 0.3) is 0 Å². The average Bonchev–Trinajstić information content (AvgIpc) is 3.20. The molecule has 1 amide bonds. The number of benzene rings is 1. The highest BCUT2D eigenvalue weighted by Crippen LogP contribution is 2.25. The molecule has 0 aliphatic carbocycles. The van der Waals surface area contributed by atoms with Crippen LogP contribution in [0.15, 0.2) is 30.3 Å². The maximum atomic E-state index is 12.8. The maximum absolute atomic E-state index is 12.8. The molecular weight excluding hydrogens is 380 g/mol. The van der Waals surface area contributed by atoms with Gasteiger partial charge in [-0.15, -0.1) is 0 Å². The zero-order valence-electron chi connectivity index (χ0n) is 17.9. The quantitative estimate of drug-likeness (QED) is 0.645. The maximum Gasteiger partial charge on any atom is 0.237 e. The van der Waals surface area contributed by atoms with Crippen LogP contribution in [0, 0.1) is 0 Å². The average molecular weight is 417 g/mol. The van der Waals surface area contributed by atoms with Gasteiger partial charge in [-0.1, -0.05) is 18.2 Å². The molecule has 7 nitrogen and oxygen atoms in total. The van der Waals surface area contributed by atoms with Gasteiger partial charge < -0.3 is 20.1 Å². The lowest BCUT2D eigenvalue weighted by Gasteiger charge is -2.36. The molecule has 3 saturated heterocycles. The van der Waals surface area contributed by atoms with Crippen LogP contribution in [0.25, 0.3) is 0 Å². The van der Waals surface area contributed by atoms with Crippen LogP contribution in [-0.2, 0) is 9.53 Å². The van der Waals surface area contributed by atoms with Crippen LogP contribution in [0.1, 0.15) is 25.7 Å². The molecule has 2 atom stereocenters. The standard InChI is InChI=1S/C23H36N4O3/c28-21-17-22(27(18-21)20-7-15-30-16-8-20)23(29)24-9-4-10-25-11-13-26(14-12-25)19-5-2-1-3-6-19/h1-3,5-6,20-22,28H,4,7-18H2,(H,24,29)/t21-,22+/m1/s1. The van der Waals surface area contributed by atoms with Gasteiger partial charge in [-0.05, 0) is 44.4 Å². The van der Waals surface area contributed by atoms with E-state index in [1.165, 1.54) is 5.69 Å². The van der Waals surface area contributed by atoms with Crippen LogP contribution >= 0.6 is 0 Å². The first kappa shape index (κ1) is 21.6. The van der Waals surface area contributed by atoms with Gasteiger partial charge in [-0.3, -0.25) is 14.6 Å². The van der Waals surface area contributed by atoms with Gasteiger partial charge in [0.15, 0.2) is 0 Å². The Morgan fingerprint density at radius 1 is 1.10 bits per heavy atom. The Morgan fingerprint density at radius 2 is 1.83 bits per heavy atom. The Labute approximate surface area is 180 Å². The molecule has 7 heteroatoms. The van der Waals surface area contributed by atoms with E-state index in [-0.39, 0.29) is 11.9 Å². The molecule has 3 fully saturated rings. The smallest absolute Gasteiger partial charge is 0.237 e. The molecule has 3 heterocycles. The van der Waals surface area contributed by atoms with E-state index in [1.54, 1.807) is 0 Å². The summed E-state index contributed by atoms with van der Waals surface area (Å²) < 4.78 is 5.45. The van der Waals surface area contributed by atoms with Crippen molar-refractivity contribution in [3.05, 3.63) is 30.3 Å². The number of rotatable bonds is 7. The minimum atomic E-state index is -0.399. The zero-order chi connectivity index (χ0) is 20.8. The molecule has 30 heavy (non-hydrogen) atoms. The Kier molecular flexibility index (Phi) is 7.60. The first-order chi connectivity index (χ1) is 14.7. The summed E-state index contributed by atoms with van der Waals surface area (Å²) in [6, 6.07) is 10.8. The van der Waals surface area contributed by atoms with Gasteiger partial charge in [0.05, 0.1) is 12.1 Å². The Hall–Kier alpha value is -1.67. The molecule has 2 N–H and O–H groups in total. The molecule has 4 rings (SSSR count). The lowest BCUT2D eigenvalue weighted by molar-refractivity contribution is -0.127. The molecule has 1 aromatic rings. The minimum absolute atomic E-state index is 0.0759. The molecule has 1 aromatic carbocycles. The predicted octanol–water partition coefficient (Wildman–Crippen LogP) is 0.929. The number of aliphatic hydroxyl groups is 1. The fourth-order valence-electron chi connectivity index (χ4n) is 5.02. The van der Waals surface area contributed by atoms with Gasteiger partial charge in [0, 0.05) is 64.2 Å². The molecule has 0 radical (unpaired) electrons. The highest BCUT2D eigenvalue weighted by molar-refractivity contribution is 5.82. The van der Waals surface area contributed by atoms with Gasteiger partial charge in [-0.2, -0.15) is 0 Å². The highest BCUT2D eigenvalue weighted by atomic mass is 16.5. The summed E-state index contributed by atoms with van der Waals surface area (Å²) >= 11 is 0. The fourth-order valence-corrected chi connectivity index (χ4v) is 5.02. The normalized spacial score (nSPS) is 26.8. The second-order valence-corrected chi connectivity index (χ2v) is 8.75. The molecule has 3 aliphatic heterocycles. The van der Waals surface area contributed by atoms with E-state index in [9.17, 15) is 9.90 Å².